The van der Waals surface area contributed by atoms with Crippen LogP contribution in [0.4, 0.5) is 5.00 Å². The first-order chi connectivity index (χ1) is 8.76. The summed E-state index contributed by atoms with van der Waals surface area (Å²) in [5, 5.41) is 13.2. The van der Waals surface area contributed by atoms with Crippen molar-refractivity contribution in [2.24, 2.45) is 0 Å². The summed E-state index contributed by atoms with van der Waals surface area (Å²) in [4.78, 5) is 0. The zero-order chi connectivity index (χ0) is 13.0. The topological polar surface area (TPSA) is 67.2 Å². The first-order valence-corrected chi connectivity index (χ1v) is 6.83. The molecule has 1 fully saturated rings. The van der Waals surface area contributed by atoms with Gasteiger partial charge in [-0.3, -0.25) is 0 Å². The predicted octanol–water partition coefficient (Wildman–Crippen LogP) is 2.27. The Hall–Kier alpha value is -0.870. The minimum absolute atomic E-state index is 0.0149. The predicted molar refractivity (Wildman–Crippen MR) is 70.1 cm³/mol. The lowest BCUT2D eigenvalue weighted by Crippen LogP contribution is -2.37. The molecular weight excluding hydrogens is 274 g/mol. The van der Waals surface area contributed by atoms with Crippen LogP contribution in [0.15, 0.2) is 0 Å². The van der Waals surface area contributed by atoms with E-state index >= 15 is 0 Å². The molecule has 0 unspecified atom stereocenters. The van der Waals surface area contributed by atoms with Crippen molar-refractivity contribution in [2.45, 2.75) is 25.0 Å². The Labute approximate surface area is 115 Å². The van der Waals surface area contributed by atoms with Crippen LogP contribution < -0.4 is 5.32 Å². The number of halogens is 1. The molecule has 1 aromatic heterocycles. The summed E-state index contributed by atoms with van der Waals surface area (Å²) < 4.78 is 14.8. The molecule has 0 spiro atoms. The summed E-state index contributed by atoms with van der Waals surface area (Å²) in [6, 6.07) is 2.07. The van der Waals surface area contributed by atoms with Crippen molar-refractivity contribution in [3.63, 3.8) is 0 Å². The van der Waals surface area contributed by atoms with E-state index in [2.05, 4.69) is 15.8 Å². The molecule has 18 heavy (non-hydrogen) atoms. The van der Waals surface area contributed by atoms with E-state index in [1.54, 1.807) is 7.11 Å². The van der Waals surface area contributed by atoms with Gasteiger partial charge >= 0.3 is 0 Å². The molecule has 2 heterocycles. The van der Waals surface area contributed by atoms with Gasteiger partial charge in [-0.2, -0.15) is 9.64 Å². The van der Waals surface area contributed by atoms with Crippen molar-refractivity contribution in [2.75, 3.05) is 25.6 Å². The molecule has 0 aliphatic carbocycles. The highest BCUT2D eigenvalue weighted by molar-refractivity contribution is 7.10. The lowest BCUT2D eigenvalue weighted by atomic mass is 10.1. The first-order valence-electron chi connectivity index (χ1n) is 5.68. The first kappa shape index (κ1) is 13.6. The number of methoxy groups -OCH3 is 1. The zero-order valence-corrected chi connectivity index (χ0v) is 11.6. The normalized spacial score (nSPS) is 20.6. The lowest BCUT2D eigenvalue weighted by Gasteiger charge is -2.23. The van der Waals surface area contributed by atoms with E-state index in [0.717, 1.165) is 19.4 Å². The van der Waals surface area contributed by atoms with Gasteiger partial charge in [-0.15, -0.1) is 0 Å². The average molecular weight is 288 g/mol. The number of hydrogen-bond donors (Lipinski definition) is 1. The van der Waals surface area contributed by atoms with Crippen molar-refractivity contribution in [3.05, 3.63) is 10.7 Å². The van der Waals surface area contributed by atoms with Gasteiger partial charge in [0.1, 0.15) is 16.6 Å². The van der Waals surface area contributed by atoms with Gasteiger partial charge in [-0.25, -0.2) is 0 Å². The number of anilines is 1. The van der Waals surface area contributed by atoms with E-state index in [1.165, 1.54) is 11.5 Å². The number of hydrogen-bond acceptors (Lipinski definition) is 6. The molecule has 2 rings (SSSR count). The number of aromatic nitrogens is 1. The maximum atomic E-state index is 9.03. The van der Waals surface area contributed by atoms with Gasteiger partial charge in [0.2, 0.25) is 0 Å². The van der Waals surface area contributed by atoms with E-state index in [0.29, 0.717) is 17.2 Å². The number of nitrogens with one attached hydrogen (secondary N) is 1. The summed E-state index contributed by atoms with van der Waals surface area (Å²) in [6.45, 7) is 1.30. The fourth-order valence-corrected chi connectivity index (χ4v) is 2.97. The molecule has 98 valence electrons. The van der Waals surface area contributed by atoms with Gasteiger partial charge in [0, 0.05) is 13.7 Å². The summed E-state index contributed by atoms with van der Waals surface area (Å²) in [7, 11) is 1.65. The van der Waals surface area contributed by atoms with E-state index in [4.69, 9.17) is 26.3 Å². The Morgan fingerprint density at radius 1 is 1.78 bits per heavy atom. The van der Waals surface area contributed by atoms with Crippen LogP contribution in [0.3, 0.4) is 0 Å². The van der Waals surface area contributed by atoms with Gasteiger partial charge < -0.3 is 14.8 Å². The Morgan fingerprint density at radius 2 is 2.61 bits per heavy atom. The van der Waals surface area contributed by atoms with Crippen LogP contribution in [0.2, 0.25) is 5.15 Å². The van der Waals surface area contributed by atoms with Crippen molar-refractivity contribution in [1.82, 2.24) is 4.37 Å². The quantitative estimate of drug-likeness (QED) is 0.900. The molecule has 1 N–H and O–H groups in total. The van der Waals surface area contributed by atoms with E-state index in [9.17, 15) is 0 Å². The van der Waals surface area contributed by atoms with E-state index in [-0.39, 0.29) is 17.3 Å². The monoisotopic (exact) mass is 287 g/mol. The highest BCUT2D eigenvalue weighted by Gasteiger charge is 2.27. The van der Waals surface area contributed by atoms with E-state index < -0.39 is 0 Å². The maximum absolute atomic E-state index is 9.03. The van der Waals surface area contributed by atoms with Crippen molar-refractivity contribution in [3.8, 4) is 6.07 Å². The summed E-state index contributed by atoms with van der Waals surface area (Å²) >= 11 is 7.03. The molecule has 1 aliphatic heterocycles. The second-order valence-corrected chi connectivity index (χ2v) is 5.18. The fraction of sp³-hybridized carbons (Fsp3) is 0.636. The van der Waals surface area contributed by atoms with Crippen molar-refractivity contribution in [1.29, 1.82) is 5.26 Å². The third kappa shape index (κ3) is 2.93. The smallest absolute Gasteiger partial charge is 0.162 e. The van der Waals surface area contributed by atoms with Gasteiger partial charge in [-0.1, -0.05) is 11.6 Å². The molecule has 7 heteroatoms. The largest absolute Gasteiger partial charge is 0.382 e. The molecule has 1 aromatic rings. The SMILES string of the molecule is COC[C@@H](Nc1snc(Cl)c1C#N)[C@H]1CCCO1. The molecule has 0 saturated carbocycles. The fourth-order valence-electron chi connectivity index (χ4n) is 1.98. The zero-order valence-electron chi connectivity index (χ0n) is 9.98. The Morgan fingerprint density at radius 3 is 3.22 bits per heavy atom. The van der Waals surface area contributed by atoms with Crippen molar-refractivity contribution < 1.29 is 9.47 Å². The van der Waals surface area contributed by atoms with Crippen LogP contribution in [0.5, 0.6) is 0 Å². The number of nitriles is 1. The molecule has 0 aromatic carbocycles. The molecule has 0 amide bonds. The van der Waals surface area contributed by atoms with Crippen LogP contribution in [-0.4, -0.2) is 36.8 Å². The number of rotatable bonds is 5. The van der Waals surface area contributed by atoms with Gasteiger partial charge in [-0.05, 0) is 24.4 Å². The molecule has 0 radical (unpaired) electrons. The van der Waals surface area contributed by atoms with E-state index in [1.807, 2.05) is 0 Å². The molecule has 5 nitrogen and oxygen atoms in total. The summed E-state index contributed by atoms with van der Waals surface area (Å²) in [6.07, 6.45) is 2.16. The molecular formula is C11H14ClN3O2S. The summed E-state index contributed by atoms with van der Waals surface area (Å²) in [5.74, 6) is 0. The Balaban J connectivity index is 2.10. The second kappa shape index (κ2) is 6.34. The standard InChI is InChI=1S/C11H14ClN3O2S/c1-16-6-8(9-3-2-4-17-9)14-11-7(5-13)10(12)15-18-11/h8-9,14H,2-4,6H2,1H3/t8-,9-/m1/s1. The van der Waals surface area contributed by atoms with Crippen LogP contribution in [0.1, 0.15) is 18.4 Å². The van der Waals surface area contributed by atoms with Gasteiger partial charge in [0.15, 0.2) is 5.15 Å². The molecule has 0 bridgehead atoms. The highest BCUT2D eigenvalue weighted by atomic mass is 35.5. The third-order valence-electron chi connectivity index (χ3n) is 2.84. The van der Waals surface area contributed by atoms with Gasteiger partial charge in [0.25, 0.3) is 0 Å². The average Bonchev–Trinajstić information content (AvgIpc) is 2.98. The lowest BCUT2D eigenvalue weighted by molar-refractivity contribution is 0.0639. The number of nitrogens with zero attached hydrogens (tertiary/aromatic N) is 2. The maximum Gasteiger partial charge on any atom is 0.162 e. The minimum Gasteiger partial charge on any atom is -0.382 e. The van der Waals surface area contributed by atoms with Crippen LogP contribution in [0, 0.1) is 11.3 Å². The van der Waals surface area contributed by atoms with Crippen LogP contribution in [0.25, 0.3) is 0 Å². The van der Waals surface area contributed by atoms with Gasteiger partial charge in [0.05, 0.1) is 18.8 Å². The molecule has 1 aliphatic rings. The Kier molecular flexibility index (Phi) is 4.78. The van der Waals surface area contributed by atoms with Crippen LogP contribution >= 0.6 is 23.1 Å². The van der Waals surface area contributed by atoms with Crippen molar-refractivity contribution >= 4 is 28.1 Å². The second-order valence-electron chi connectivity index (χ2n) is 4.05. The molecule has 2 atom stereocenters. The third-order valence-corrected chi connectivity index (χ3v) is 3.99. The number of ether oxygens (including phenoxy) is 2. The Bertz CT molecular complexity index is 440. The van der Waals surface area contributed by atoms with Crippen LogP contribution in [-0.2, 0) is 9.47 Å². The highest BCUT2D eigenvalue weighted by Crippen LogP contribution is 2.29. The summed E-state index contributed by atoms with van der Waals surface area (Å²) in [5.41, 5.74) is 0.390. The minimum atomic E-state index is 0.0149. The molecule has 1 saturated heterocycles.